The molecular formula is C14H14N4O2S. The van der Waals surface area contributed by atoms with Crippen LogP contribution in [0, 0.1) is 11.3 Å². The van der Waals surface area contributed by atoms with Crippen LogP contribution in [0.1, 0.15) is 30.3 Å². The minimum atomic E-state index is -0.137. The number of aromatic nitrogens is 2. The molecule has 0 aromatic carbocycles. The van der Waals surface area contributed by atoms with E-state index >= 15 is 0 Å². The molecule has 7 heteroatoms. The molecule has 2 saturated heterocycles. The topological polar surface area (TPSA) is 75.2 Å². The van der Waals surface area contributed by atoms with Crippen molar-refractivity contribution in [3.8, 4) is 16.8 Å². The summed E-state index contributed by atoms with van der Waals surface area (Å²) in [6.45, 7) is 2.68. The molecule has 4 heterocycles. The van der Waals surface area contributed by atoms with Crippen LogP contribution in [0.15, 0.2) is 16.0 Å². The van der Waals surface area contributed by atoms with Crippen LogP contribution in [0.25, 0.3) is 10.8 Å². The van der Waals surface area contributed by atoms with E-state index in [1.807, 2.05) is 5.38 Å². The van der Waals surface area contributed by atoms with Crippen LogP contribution in [-0.4, -0.2) is 40.8 Å². The highest BCUT2D eigenvalue weighted by molar-refractivity contribution is 7.13. The Hall–Kier alpha value is -1.75. The van der Waals surface area contributed by atoms with Gasteiger partial charge in [-0.05, 0) is 30.8 Å². The van der Waals surface area contributed by atoms with Crippen molar-refractivity contribution in [2.45, 2.75) is 25.0 Å². The lowest BCUT2D eigenvalue weighted by Crippen LogP contribution is -2.42. The van der Waals surface area contributed by atoms with Crippen LogP contribution in [0.5, 0.6) is 0 Å². The van der Waals surface area contributed by atoms with E-state index in [-0.39, 0.29) is 6.10 Å². The molecule has 2 atom stereocenters. The number of nitriles is 1. The maximum Gasteiger partial charge on any atom is 0.269 e. The smallest absolute Gasteiger partial charge is 0.269 e. The van der Waals surface area contributed by atoms with E-state index in [1.165, 1.54) is 24.2 Å². The SMILES string of the molecule is N#Cc1ccsc1-c1nc(C2CN3CCCC3CO2)no1. The van der Waals surface area contributed by atoms with Crippen molar-refractivity contribution >= 4 is 11.3 Å². The third-order valence-corrected chi connectivity index (χ3v) is 5.00. The summed E-state index contributed by atoms with van der Waals surface area (Å²) in [7, 11) is 0. The van der Waals surface area contributed by atoms with Gasteiger partial charge >= 0.3 is 0 Å². The Morgan fingerprint density at radius 3 is 3.33 bits per heavy atom. The zero-order valence-electron chi connectivity index (χ0n) is 11.4. The summed E-state index contributed by atoms with van der Waals surface area (Å²) in [5.74, 6) is 0.983. The first kappa shape index (κ1) is 13.0. The van der Waals surface area contributed by atoms with Crippen molar-refractivity contribution < 1.29 is 9.26 Å². The van der Waals surface area contributed by atoms with Crippen molar-refractivity contribution in [2.75, 3.05) is 19.7 Å². The first-order valence-corrected chi connectivity index (χ1v) is 7.90. The van der Waals surface area contributed by atoms with Crippen molar-refractivity contribution in [1.82, 2.24) is 15.0 Å². The van der Waals surface area contributed by atoms with Crippen molar-refractivity contribution in [2.24, 2.45) is 0 Å². The molecule has 2 unspecified atom stereocenters. The molecule has 2 aromatic rings. The third-order valence-electron chi connectivity index (χ3n) is 4.10. The Kier molecular flexibility index (Phi) is 3.22. The van der Waals surface area contributed by atoms with Gasteiger partial charge in [-0.2, -0.15) is 10.2 Å². The molecule has 0 amide bonds. The van der Waals surface area contributed by atoms with Gasteiger partial charge in [0.2, 0.25) is 5.82 Å². The molecule has 0 aliphatic carbocycles. The van der Waals surface area contributed by atoms with Gasteiger partial charge in [-0.25, -0.2) is 0 Å². The highest BCUT2D eigenvalue weighted by atomic mass is 32.1. The minimum Gasteiger partial charge on any atom is -0.367 e. The summed E-state index contributed by atoms with van der Waals surface area (Å²) in [6, 6.07) is 4.45. The summed E-state index contributed by atoms with van der Waals surface area (Å²) in [5, 5.41) is 15.0. The van der Waals surface area contributed by atoms with Crippen molar-refractivity contribution in [3.05, 3.63) is 22.8 Å². The molecule has 2 aliphatic rings. The van der Waals surface area contributed by atoms with Crippen LogP contribution < -0.4 is 0 Å². The number of fused-ring (bicyclic) bond motifs is 1. The van der Waals surface area contributed by atoms with Gasteiger partial charge in [0.1, 0.15) is 17.1 Å². The van der Waals surface area contributed by atoms with E-state index in [0.29, 0.717) is 23.3 Å². The summed E-state index contributed by atoms with van der Waals surface area (Å²) >= 11 is 1.43. The summed E-state index contributed by atoms with van der Waals surface area (Å²) in [6.07, 6.45) is 2.31. The molecule has 2 fully saturated rings. The summed E-state index contributed by atoms with van der Waals surface area (Å²) < 4.78 is 11.2. The van der Waals surface area contributed by atoms with Gasteiger partial charge in [0, 0.05) is 12.6 Å². The molecule has 2 aromatic heterocycles. The second kappa shape index (κ2) is 5.22. The molecule has 0 saturated carbocycles. The van der Waals surface area contributed by atoms with Crippen LogP contribution in [-0.2, 0) is 4.74 Å². The fraction of sp³-hybridized carbons (Fsp3) is 0.500. The van der Waals surface area contributed by atoms with E-state index < -0.39 is 0 Å². The Morgan fingerprint density at radius 1 is 1.48 bits per heavy atom. The highest BCUT2D eigenvalue weighted by Gasteiger charge is 2.35. The van der Waals surface area contributed by atoms with Crippen LogP contribution in [0.3, 0.4) is 0 Å². The number of hydrogen-bond donors (Lipinski definition) is 0. The van der Waals surface area contributed by atoms with Gasteiger partial charge in [0.15, 0.2) is 0 Å². The number of morpholine rings is 1. The molecule has 6 nitrogen and oxygen atoms in total. The van der Waals surface area contributed by atoms with E-state index in [2.05, 4.69) is 21.1 Å². The number of hydrogen-bond acceptors (Lipinski definition) is 7. The second-order valence-electron chi connectivity index (χ2n) is 5.35. The molecule has 0 radical (unpaired) electrons. The third kappa shape index (κ3) is 2.25. The summed E-state index contributed by atoms with van der Waals surface area (Å²) in [4.78, 5) is 7.60. The fourth-order valence-corrected chi connectivity index (χ4v) is 3.76. The van der Waals surface area contributed by atoms with Gasteiger partial charge in [-0.15, -0.1) is 11.3 Å². The zero-order valence-corrected chi connectivity index (χ0v) is 12.2. The minimum absolute atomic E-state index is 0.137. The molecule has 0 N–H and O–H groups in total. The summed E-state index contributed by atoms with van der Waals surface area (Å²) in [5.41, 5.74) is 0.569. The van der Waals surface area contributed by atoms with E-state index in [0.717, 1.165) is 24.6 Å². The quantitative estimate of drug-likeness (QED) is 0.846. The number of nitrogens with zero attached hydrogens (tertiary/aromatic N) is 4. The van der Waals surface area contributed by atoms with Crippen molar-refractivity contribution in [3.63, 3.8) is 0 Å². The Morgan fingerprint density at radius 2 is 2.43 bits per heavy atom. The molecule has 4 rings (SSSR count). The normalized spacial score (nSPS) is 25.7. The molecule has 21 heavy (non-hydrogen) atoms. The van der Waals surface area contributed by atoms with E-state index in [1.54, 1.807) is 6.07 Å². The maximum absolute atomic E-state index is 9.06. The molecule has 2 aliphatic heterocycles. The first-order chi connectivity index (χ1) is 10.3. The van der Waals surface area contributed by atoms with Gasteiger partial charge in [0.05, 0.1) is 12.2 Å². The monoisotopic (exact) mass is 302 g/mol. The second-order valence-corrected chi connectivity index (χ2v) is 6.26. The lowest BCUT2D eigenvalue weighted by molar-refractivity contribution is -0.0548. The largest absolute Gasteiger partial charge is 0.367 e. The van der Waals surface area contributed by atoms with Crippen LogP contribution >= 0.6 is 11.3 Å². The predicted octanol–water partition coefficient (Wildman–Crippen LogP) is 2.21. The lowest BCUT2D eigenvalue weighted by Gasteiger charge is -2.33. The van der Waals surface area contributed by atoms with Crippen LogP contribution in [0.4, 0.5) is 0 Å². The Labute approximate surface area is 125 Å². The number of thiophene rings is 1. The average Bonchev–Trinajstić information content (AvgIpc) is 3.24. The number of ether oxygens (including phenoxy) is 1. The highest BCUT2D eigenvalue weighted by Crippen LogP contribution is 2.32. The molecular weight excluding hydrogens is 288 g/mol. The lowest BCUT2D eigenvalue weighted by atomic mass is 10.2. The fourth-order valence-electron chi connectivity index (χ4n) is 2.99. The van der Waals surface area contributed by atoms with E-state index in [4.69, 9.17) is 14.5 Å². The predicted molar refractivity (Wildman–Crippen MR) is 75.6 cm³/mol. The first-order valence-electron chi connectivity index (χ1n) is 7.02. The van der Waals surface area contributed by atoms with Crippen molar-refractivity contribution in [1.29, 1.82) is 5.26 Å². The number of rotatable bonds is 2. The van der Waals surface area contributed by atoms with Gasteiger partial charge in [-0.3, -0.25) is 4.90 Å². The van der Waals surface area contributed by atoms with Gasteiger partial charge in [-0.1, -0.05) is 5.16 Å². The molecule has 0 spiro atoms. The van der Waals surface area contributed by atoms with Crippen LogP contribution in [0.2, 0.25) is 0 Å². The Bertz CT molecular complexity index is 689. The van der Waals surface area contributed by atoms with E-state index in [9.17, 15) is 0 Å². The average molecular weight is 302 g/mol. The maximum atomic E-state index is 9.06. The molecule has 108 valence electrons. The van der Waals surface area contributed by atoms with Gasteiger partial charge < -0.3 is 9.26 Å². The standard InChI is InChI=1S/C14H14N4O2S/c15-6-9-3-5-21-12(9)14-16-13(17-20-14)11-7-18-4-1-2-10(18)8-19-11/h3,5,10-11H,1-2,4,7-8H2. The van der Waals surface area contributed by atoms with Gasteiger partial charge in [0.25, 0.3) is 5.89 Å². The molecule has 0 bridgehead atoms. The Balaban J connectivity index is 1.56. The zero-order chi connectivity index (χ0) is 14.2.